The van der Waals surface area contributed by atoms with Gasteiger partial charge in [-0.1, -0.05) is 6.07 Å². The maximum atomic E-state index is 14.3. The molecule has 0 fully saturated rings. The summed E-state index contributed by atoms with van der Waals surface area (Å²) in [4.78, 5) is 21.2. The predicted molar refractivity (Wildman–Crippen MR) is 114 cm³/mol. The topological polar surface area (TPSA) is 120 Å². The standard InChI is InChI=1S/C21H18FN7O2/c1-31-20-13(22)3-2-4-14(20)27-18-17(28-29-8-7-25-21(30)19(18)29)11-5-6-24-15-10-26-16(23)9-12(11)15/h2-6,9-10,27H,7-8H2,1H3,(H2,23,26)(H,25,30). The van der Waals surface area contributed by atoms with Gasteiger partial charge in [-0.15, -0.1) is 0 Å². The molecule has 0 spiro atoms. The zero-order valence-electron chi connectivity index (χ0n) is 16.5. The molecule has 0 radical (unpaired) electrons. The van der Waals surface area contributed by atoms with Crippen LogP contribution >= 0.6 is 0 Å². The summed E-state index contributed by atoms with van der Waals surface area (Å²) in [7, 11) is 1.39. The number of pyridine rings is 2. The smallest absolute Gasteiger partial charge is 0.271 e. The second kappa shape index (κ2) is 7.24. The molecule has 3 aromatic heterocycles. The molecule has 0 aliphatic carbocycles. The average molecular weight is 419 g/mol. The van der Waals surface area contributed by atoms with E-state index in [1.54, 1.807) is 41.3 Å². The first-order valence-electron chi connectivity index (χ1n) is 9.56. The highest BCUT2D eigenvalue weighted by Crippen LogP contribution is 2.39. The lowest BCUT2D eigenvalue weighted by atomic mass is 10.0. The van der Waals surface area contributed by atoms with Gasteiger partial charge in [0, 0.05) is 23.7 Å². The molecule has 4 heterocycles. The molecule has 1 aliphatic heterocycles. The number of rotatable bonds is 4. The molecule has 0 saturated heterocycles. The Bertz CT molecular complexity index is 1340. The van der Waals surface area contributed by atoms with Gasteiger partial charge in [0.2, 0.25) is 0 Å². The van der Waals surface area contributed by atoms with Crippen molar-refractivity contribution in [2.75, 3.05) is 24.7 Å². The number of nitrogens with two attached hydrogens (primary N) is 1. The second-order valence-electron chi connectivity index (χ2n) is 6.98. The van der Waals surface area contributed by atoms with Crippen molar-refractivity contribution >= 4 is 34.0 Å². The van der Waals surface area contributed by atoms with Crippen molar-refractivity contribution in [1.29, 1.82) is 0 Å². The van der Waals surface area contributed by atoms with E-state index in [0.29, 0.717) is 52.8 Å². The van der Waals surface area contributed by atoms with Gasteiger partial charge < -0.3 is 21.1 Å². The predicted octanol–water partition coefficient (Wildman–Crippen LogP) is 2.71. The van der Waals surface area contributed by atoms with Gasteiger partial charge in [-0.3, -0.25) is 14.5 Å². The van der Waals surface area contributed by atoms with Crippen molar-refractivity contribution in [2.24, 2.45) is 0 Å². The fourth-order valence-corrected chi connectivity index (χ4v) is 3.74. The quantitative estimate of drug-likeness (QED) is 0.465. The van der Waals surface area contributed by atoms with Gasteiger partial charge >= 0.3 is 0 Å². The van der Waals surface area contributed by atoms with E-state index in [4.69, 9.17) is 15.6 Å². The molecule has 5 rings (SSSR count). The van der Waals surface area contributed by atoms with E-state index >= 15 is 0 Å². The first-order valence-corrected chi connectivity index (χ1v) is 9.56. The fraction of sp³-hybridized carbons (Fsp3) is 0.143. The lowest BCUT2D eigenvalue weighted by molar-refractivity contribution is 0.0925. The van der Waals surface area contributed by atoms with Crippen LogP contribution in [0.3, 0.4) is 0 Å². The molecule has 4 N–H and O–H groups in total. The van der Waals surface area contributed by atoms with Crippen molar-refractivity contribution in [3.63, 3.8) is 0 Å². The van der Waals surface area contributed by atoms with Gasteiger partial charge in [-0.2, -0.15) is 5.10 Å². The molecule has 1 amide bonds. The minimum absolute atomic E-state index is 0.0395. The summed E-state index contributed by atoms with van der Waals surface area (Å²) >= 11 is 0. The highest BCUT2D eigenvalue weighted by molar-refractivity contribution is 6.06. The van der Waals surface area contributed by atoms with E-state index in [-0.39, 0.29) is 11.7 Å². The maximum absolute atomic E-state index is 14.3. The molecule has 0 unspecified atom stereocenters. The number of amides is 1. The zero-order valence-corrected chi connectivity index (χ0v) is 16.5. The van der Waals surface area contributed by atoms with E-state index in [1.807, 2.05) is 0 Å². The highest BCUT2D eigenvalue weighted by atomic mass is 19.1. The largest absolute Gasteiger partial charge is 0.492 e. The molecule has 1 aliphatic rings. The van der Waals surface area contributed by atoms with Crippen LogP contribution in [-0.4, -0.2) is 39.3 Å². The number of carbonyl (C=O) groups is 1. The molecule has 9 nitrogen and oxygen atoms in total. The molecule has 0 bridgehead atoms. The van der Waals surface area contributed by atoms with Crippen LogP contribution in [0.25, 0.3) is 22.2 Å². The molecule has 0 atom stereocenters. The number of halogens is 1. The van der Waals surface area contributed by atoms with Crippen LogP contribution in [-0.2, 0) is 6.54 Å². The Morgan fingerprint density at radius 1 is 1.29 bits per heavy atom. The van der Waals surface area contributed by atoms with Gasteiger partial charge in [0.15, 0.2) is 11.6 Å². The Morgan fingerprint density at radius 2 is 2.16 bits per heavy atom. The lowest BCUT2D eigenvalue weighted by Gasteiger charge is -2.17. The minimum atomic E-state index is -0.521. The van der Waals surface area contributed by atoms with E-state index in [0.717, 1.165) is 5.39 Å². The number of methoxy groups -OCH3 is 1. The number of benzene rings is 1. The average Bonchev–Trinajstić information content (AvgIpc) is 3.13. The van der Waals surface area contributed by atoms with Crippen LogP contribution < -0.4 is 21.1 Å². The number of nitrogens with zero attached hydrogens (tertiary/aromatic N) is 4. The Morgan fingerprint density at radius 3 is 3.00 bits per heavy atom. The summed E-state index contributed by atoms with van der Waals surface area (Å²) in [6.45, 7) is 0.965. The summed E-state index contributed by atoms with van der Waals surface area (Å²) < 4.78 is 21.1. The van der Waals surface area contributed by atoms with Crippen LogP contribution in [0, 0.1) is 5.82 Å². The third-order valence-corrected chi connectivity index (χ3v) is 5.11. The van der Waals surface area contributed by atoms with Gasteiger partial charge in [-0.25, -0.2) is 9.37 Å². The minimum Gasteiger partial charge on any atom is -0.492 e. The Hall–Kier alpha value is -4.21. The third kappa shape index (κ3) is 3.08. The highest BCUT2D eigenvalue weighted by Gasteiger charge is 2.29. The number of hydrogen-bond acceptors (Lipinski definition) is 7. The van der Waals surface area contributed by atoms with Gasteiger partial charge in [0.05, 0.1) is 36.7 Å². The maximum Gasteiger partial charge on any atom is 0.271 e. The van der Waals surface area contributed by atoms with E-state index in [9.17, 15) is 9.18 Å². The fourth-order valence-electron chi connectivity index (χ4n) is 3.74. The molecule has 10 heteroatoms. The van der Waals surface area contributed by atoms with Crippen LogP contribution in [0.2, 0.25) is 0 Å². The second-order valence-corrected chi connectivity index (χ2v) is 6.98. The summed E-state index contributed by atoms with van der Waals surface area (Å²) in [5.74, 6) is -0.419. The third-order valence-electron chi connectivity index (χ3n) is 5.11. The van der Waals surface area contributed by atoms with Crippen molar-refractivity contribution in [3.05, 3.63) is 54.2 Å². The Kier molecular flexibility index (Phi) is 4.39. The number of nitrogens with one attached hydrogen (secondary N) is 2. The molecular weight excluding hydrogens is 401 g/mol. The molecule has 4 aromatic rings. The number of hydrogen-bond donors (Lipinski definition) is 3. The number of ether oxygens (including phenoxy) is 1. The van der Waals surface area contributed by atoms with Gasteiger partial charge in [-0.05, 0) is 24.3 Å². The van der Waals surface area contributed by atoms with Crippen molar-refractivity contribution in [1.82, 2.24) is 25.1 Å². The van der Waals surface area contributed by atoms with Crippen molar-refractivity contribution < 1.29 is 13.9 Å². The lowest BCUT2D eigenvalue weighted by Crippen LogP contribution is -2.35. The van der Waals surface area contributed by atoms with Crippen molar-refractivity contribution in [2.45, 2.75) is 6.54 Å². The number of anilines is 3. The first-order chi connectivity index (χ1) is 15.1. The summed E-state index contributed by atoms with van der Waals surface area (Å²) in [6, 6.07) is 8.04. The number of aromatic nitrogens is 4. The van der Waals surface area contributed by atoms with Crippen LogP contribution in [0.4, 0.5) is 21.6 Å². The van der Waals surface area contributed by atoms with E-state index in [2.05, 4.69) is 20.6 Å². The van der Waals surface area contributed by atoms with Crippen LogP contribution in [0.1, 0.15) is 10.5 Å². The molecule has 1 aromatic carbocycles. The SMILES string of the molecule is COc1c(F)cccc1Nc1c(-c2ccnc3cnc(N)cc23)nn2c1C(=O)NCC2. The Balaban J connectivity index is 1.76. The van der Waals surface area contributed by atoms with Gasteiger partial charge in [0.25, 0.3) is 5.91 Å². The zero-order chi connectivity index (χ0) is 21.5. The number of nitrogen functional groups attached to an aromatic ring is 1. The summed E-state index contributed by atoms with van der Waals surface area (Å²) in [5, 5.41) is 11.4. The molecule has 156 valence electrons. The normalized spacial score (nSPS) is 13.0. The molecule has 31 heavy (non-hydrogen) atoms. The number of fused-ring (bicyclic) bond motifs is 2. The van der Waals surface area contributed by atoms with Crippen LogP contribution in [0.5, 0.6) is 5.75 Å². The Labute approximate surface area is 176 Å². The summed E-state index contributed by atoms with van der Waals surface area (Å²) in [5.41, 5.74) is 8.92. The molecule has 0 saturated carbocycles. The van der Waals surface area contributed by atoms with Gasteiger partial charge in [0.1, 0.15) is 17.2 Å². The number of para-hydroxylation sites is 1. The monoisotopic (exact) mass is 419 g/mol. The molecular formula is C21H18FN7O2. The van der Waals surface area contributed by atoms with E-state index < -0.39 is 5.82 Å². The van der Waals surface area contributed by atoms with E-state index in [1.165, 1.54) is 13.2 Å². The first kappa shape index (κ1) is 18.8. The number of carbonyl (C=O) groups excluding carboxylic acids is 1. The summed E-state index contributed by atoms with van der Waals surface area (Å²) in [6.07, 6.45) is 3.22. The van der Waals surface area contributed by atoms with Crippen LogP contribution in [0.15, 0.2) is 42.7 Å². The van der Waals surface area contributed by atoms with Crippen molar-refractivity contribution in [3.8, 4) is 17.0 Å².